The zero-order chi connectivity index (χ0) is 11.1. The predicted octanol–water partition coefficient (Wildman–Crippen LogP) is 1.93. The summed E-state index contributed by atoms with van der Waals surface area (Å²) in [6.07, 6.45) is 0. The molecule has 2 N–H and O–H groups in total. The van der Waals surface area contributed by atoms with Crippen molar-refractivity contribution < 1.29 is 9.18 Å². The number of carbonyl (C=O) groups is 1. The van der Waals surface area contributed by atoms with Crippen LogP contribution in [-0.4, -0.2) is 27.0 Å². The molecule has 0 fully saturated rings. The van der Waals surface area contributed by atoms with E-state index in [0.717, 1.165) is 0 Å². The third kappa shape index (κ3) is 2.01. The van der Waals surface area contributed by atoms with Crippen LogP contribution in [0, 0.1) is 0 Å². The van der Waals surface area contributed by atoms with Gasteiger partial charge in [0.1, 0.15) is 0 Å². The zero-order valence-electron chi connectivity index (χ0n) is 9.36. The van der Waals surface area contributed by atoms with Crippen LogP contribution in [0.1, 0.15) is 0 Å². The minimum absolute atomic E-state index is 0.758. The number of carbonyl (C=O) groups excluding carboxylic acids is 1. The van der Waals surface area contributed by atoms with Crippen molar-refractivity contribution in [3.8, 4) is 0 Å². The van der Waals surface area contributed by atoms with Gasteiger partial charge in [0, 0.05) is 0 Å². The Labute approximate surface area is 81.7 Å². The molecule has 0 spiro atoms. The number of rotatable bonds is 3. The minimum Gasteiger partial charge on any atom is -0.367 e. The Balaban J connectivity index is 5.35. The number of halogens is 1. The Hall–Kier alpha value is -0.166. The Morgan fingerprint density at radius 3 is 1.31 bits per heavy atom. The van der Waals surface area contributed by atoms with E-state index in [9.17, 15) is 9.18 Å². The molecule has 0 aliphatic rings. The number of amides is 1. The molecule has 78 valence electrons. The molecule has 0 heterocycles. The standard InChI is InChI=1S/C8H20FNOSi2/c1-12(2,3)8(9,7(10)11)13(4,5)6/h1-6H3,(H2,10,11). The molecule has 0 aromatic rings. The van der Waals surface area contributed by atoms with E-state index in [1.54, 1.807) is 0 Å². The topological polar surface area (TPSA) is 43.1 Å². The van der Waals surface area contributed by atoms with Crippen LogP contribution >= 0.6 is 0 Å². The number of alkyl halides is 1. The molecule has 1 amide bonds. The molecule has 0 radical (unpaired) electrons. The summed E-state index contributed by atoms with van der Waals surface area (Å²) in [7, 11) is -4.38. The van der Waals surface area contributed by atoms with Crippen molar-refractivity contribution in [2.45, 2.75) is 44.2 Å². The van der Waals surface area contributed by atoms with Crippen LogP contribution in [0.15, 0.2) is 0 Å². The predicted molar refractivity (Wildman–Crippen MR) is 59.7 cm³/mol. The van der Waals surface area contributed by atoms with E-state index in [1.165, 1.54) is 0 Å². The van der Waals surface area contributed by atoms with Gasteiger partial charge in [0.05, 0.1) is 16.1 Å². The summed E-state index contributed by atoms with van der Waals surface area (Å²) >= 11 is 0. The van der Waals surface area contributed by atoms with Gasteiger partial charge in [0.25, 0.3) is 0 Å². The number of nitrogens with two attached hydrogens (primary N) is 1. The molecule has 0 aliphatic carbocycles. The van der Waals surface area contributed by atoms with Gasteiger partial charge >= 0.3 is 0 Å². The molecule has 5 heteroatoms. The van der Waals surface area contributed by atoms with Crippen LogP contribution in [-0.2, 0) is 4.79 Å². The first-order chi connectivity index (χ1) is 5.44. The fourth-order valence-corrected chi connectivity index (χ4v) is 12.3. The van der Waals surface area contributed by atoms with Crippen LogP contribution in [0.2, 0.25) is 39.3 Å². The Kier molecular flexibility index (Phi) is 3.16. The first-order valence-corrected chi connectivity index (χ1v) is 11.4. The first kappa shape index (κ1) is 12.8. The summed E-state index contributed by atoms with van der Waals surface area (Å²) in [6.45, 7) is 11.1. The molecule has 0 aromatic heterocycles. The monoisotopic (exact) mass is 221 g/mol. The summed E-state index contributed by atoms with van der Waals surface area (Å²) in [5, 5.41) is 0. The first-order valence-electron chi connectivity index (χ1n) is 4.43. The molecule has 0 saturated carbocycles. The quantitative estimate of drug-likeness (QED) is 0.727. The van der Waals surface area contributed by atoms with Gasteiger partial charge in [-0.15, -0.1) is 0 Å². The van der Waals surface area contributed by atoms with Gasteiger partial charge in [-0.25, -0.2) is 4.39 Å². The van der Waals surface area contributed by atoms with Gasteiger partial charge in [-0.1, -0.05) is 39.3 Å². The Morgan fingerprint density at radius 1 is 1.08 bits per heavy atom. The number of hydrogen-bond donors (Lipinski definition) is 1. The van der Waals surface area contributed by atoms with Gasteiger partial charge in [-0.3, -0.25) is 4.79 Å². The fourth-order valence-electron chi connectivity index (χ4n) is 1.86. The second-order valence-corrected chi connectivity index (χ2v) is 16.4. The molecule has 0 aliphatic heterocycles. The minimum atomic E-state index is -2.19. The van der Waals surface area contributed by atoms with Crippen molar-refractivity contribution in [3.63, 3.8) is 0 Å². The molecule has 0 rings (SSSR count). The summed E-state index contributed by atoms with van der Waals surface area (Å²) in [5.41, 5.74) is 5.20. The maximum absolute atomic E-state index is 14.6. The largest absolute Gasteiger partial charge is 0.367 e. The van der Waals surface area contributed by atoms with Crippen LogP contribution in [0.25, 0.3) is 0 Å². The summed E-state index contributed by atoms with van der Waals surface area (Å²) in [5.74, 6) is -0.758. The van der Waals surface area contributed by atoms with Gasteiger partial charge < -0.3 is 5.73 Å². The lowest BCUT2D eigenvalue weighted by Gasteiger charge is -2.42. The third-order valence-corrected chi connectivity index (χ3v) is 11.5. The van der Waals surface area contributed by atoms with Gasteiger partial charge in [-0.2, -0.15) is 0 Å². The fraction of sp³-hybridized carbons (Fsp3) is 0.875. The van der Waals surface area contributed by atoms with Crippen molar-refractivity contribution in [1.82, 2.24) is 0 Å². The van der Waals surface area contributed by atoms with Crippen molar-refractivity contribution in [2.75, 3.05) is 0 Å². The highest BCUT2D eigenvalue weighted by Gasteiger charge is 2.58. The Bertz CT molecular complexity index is 203. The van der Waals surface area contributed by atoms with E-state index < -0.39 is 27.0 Å². The van der Waals surface area contributed by atoms with E-state index >= 15 is 0 Å². The average Bonchev–Trinajstić information content (AvgIpc) is 1.80. The van der Waals surface area contributed by atoms with Gasteiger partial charge in [0.2, 0.25) is 5.91 Å². The maximum atomic E-state index is 14.6. The van der Waals surface area contributed by atoms with E-state index in [1.807, 2.05) is 39.3 Å². The van der Waals surface area contributed by atoms with Crippen molar-refractivity contribution in [2.24, 2.45) is 5.73 Å². The number of hydrogen-bond acceptors (Lipinski definition) is 1. The second kappa shape index (κ2) is 3.20. The molecule has 0 bridgehead atoms. The normalized spacial score (nSPS) is 14.4. The SMILES string of the molecule is C[Si](C)(C)C(F)(C(N)=O)[Si](C)(C)C. The molecule has 13 heavy (non-hydrogen) atoms. The maximum Gasteiger partial charge on any atom is 0.247 e. The van der Waals surface area contributed by atoms with Crippen LogP contribution in [0.3, 0.4) is 0 Å². The molecular formula is C8H20FNOSi2. The second-order valence-electron chi connectivity index (χ2n) is 5.52. The number of primary amides is 1. The summed E-state index contributed by atoms with van der Waals surface area (Å²) < 4.78 is 14.6. The van der Waals surface area contributed by atoms with E-state index in [0.29, 0.717) is 0 Å². The summed E-state index contributed by atoms with van der Waals surface area (Å²) in [4.78, 5) is 9.52. The van der Waals surface area contributed by atoms with E-state index in [4.69, 9.17) is 5.73 Å². The van der Waals surface area contributed by atoms with E-state index in [2.05, 4.69) is 0 Å². The molecule has 0 saturated heterocycles. The lowest BCUT2D eigenvalue weighted by Crippen LogP contribution is -2.70. The molecular weight excluding hydrogens is 201 g/mol. The van der Waals surface area contributed by atoms with Gasteiger partial charge in [0.15, 0.2) is 4.92 Å². The van der Waals surface area contributed by atoms with Gasteiger partial charge in [-0.05, 0) is 0 Å². The highest BCUT2D eigenvalue weighted by molar-refractivity contribution is 7.02. The highest BCUT2D eigenvalue weighted by Crippen LogP contribution is 2.34. The zero-order valence-corrected chi connectivity index (χ0v) is 11.4. The lowest BCUT2D eigenvalue weighted by molar-refractivity contribution is -0.122. The van der Waals surface area contributed by atoms with E-state index in [-0.39, 0.29) is 0 Å². The molecule has 0 aromatic carbocycles. The van der Waals surface area contributed by atoms with Crippen LogP contribution in [0.4, 0.5) is 4.39 Å². The Morgan fingerprint density at radius 2 is 1.31 bits per heavy atom. The smallest absolute Gasteiger partial charge is 0.247 e. The third-order valence-electron chi connectivity index (χ3n) is 2.41. The molecule has 0 unspecified atom stereocenters. The summed E-state index contributed by atoms with van der Waals surface area (Å²) in [6, 6.07) is 0. The van der Waals surface area contributed by atoms with Crippen LogP contribution < -0.4 is 5.73 Å². The van der Waals surface area contributed by atoms with Crippen molar-refractivity contribution >= 4 is 22.1 Å². The van der Waals surface area contributed by atoms with Crippen molar-refractivity contribution in [1.29, 1.82) is 0 Å². The van der Waals surface area contributed by atoms with Crippen molar-refractivity contribution in [3.05, 3.63) is 0 Å². The molecule has 2 nitrogen and oxygen atoms in total. The lowest BCUT2D eigenvalue weighted by atomic mass is 10.7. The average molecular weight is 221 g/mol. The highest BCUT2D eigenvalue weighted by atomic mass is 28.4. The van der Waals surface area contributed by atoms with Crippen LogP contribution in [0.5, 0.6) is 0 Å². The molecule has 0 atom stereocenters.